The Morgan fingerprint density at radius 1 is 1.46 bits per heavy atom. The van der Waals surface area contributed by atoms with Crippen molar-refractivity contribution in [3.8, 4) is 5.82 Å². The zero-order valence-corrected chi connectivity index (χ0v) is 9.27. The topological polar surface area (TPSA) is 43.6 Å². The molecule has 0 bridgehead atoms. The summed E-state index contributed by atoms with van der Waals surface area (Å²) in [5, 5.41) is 4.31. The molecule has 13 heavy (non-hydrogen) atoms. The fourth-order valence-electron chi connectivity index (χ4n) is 0.880. The molecule has 0 spiro atoms. The summed E-state index contributed by atoms with van der Waals surface area (Å²) in [6.07, 6.45) is 5.20. The summed E-state index contributed by atoms with van der Waals surface area (Å²) in [7, 11) is 0. The zero-order chi connectivity index (χ0) is 9.26. The first-order valence-electron chi connectivity index (χ1n) is 3.45. The van der Waals surface area contributed by atoms with Crippen LogP contribution in [-0.4, -0.2) is 19.7 Å². The van der Waals surface area contributed by atoms with Crippen LogP contribution in [0.25, 0.3) is 5.82 Å². The summed E-state index contributed by atoms with van der Waals surface area (Å²) in [6.45, 7) is 0. The van der Waals surface area contributed by atoms with Crippen molar-refractivity contribution in [2.45, 2.75) is 0 Å². The standard InChI is InChI=1S/C7H4ClIN4/c8-7-10-2-1-6(12-7)13-4-5(9)3-11-13/h1-4H. The lowest BCUT2D eigenvalue weighted by atomic mass is 10.6. The maximum absolute atomic E-state index is 5.64. The first-order valence-corrected chi connectivity index (χ1v) is 4.90. The lowest BCUT2D eigenvalue weighted by Gasteiger charge is -1.98. The molecule has 2 aromatic rings. The monoisotopic (exact) mass is 306 g/mol. The maximum Gasteiger partial charge on any atom is 0.224 e. The molecule has 0 aromatic carbocycles. The average molecular weight is 306 g/mol. The lowest BCUT2D eigenvalue weighted by Crippen LogP contribution is -1.98. The van der Waals surface area contributed by atoms with Crippen LogP contribution in [0.15, 0.2) is 24.7 Å². The van der Waals surface area contributed by atoms with Crippen LogP contribution in [0.2, 0.25) is 5.28 Å². The zero-order valence-electron chi connectivity index (χ0n) is 6.35. The fraction of sp³-hybridized carbons (Fsp3) is 0. The van der Waals surface area contributed by atoms with Gasteiger partial charge in [-0.2, -0.15) is 10.1 Å². The molecule has 6 heteroatoms. The van der Waals surface area contributed by atoms with Crippen LogP contribution in [0.3, 0.4) is 0 Å². The van der Waals surface area contributed by atoms with Gasteiger partial charge < -0.3 is 0 Å². The van der Waals surface area contributed by atoms with E-state index in [1.54, 1.807) is 23.1 Å². The van der Waals surface area contributed by atoms with Crippen LogP contribution in [-0.2, 0) is 0 Å². The number of halogens is 2. The molecule has 0 aliphatic carbocycles. The van der Waals surface area contributed by atoms with E-state index in [1.165, 1.54) is 0 Å². The van der Waals surface area contributed by atoms with Crippen molar-refractivity contribution in [3.63, 3.8) is 0 Å². The van der Waals surface area contributed by atoms with E-state index in [4.69, 9.17) is 11.6 Å². The van der Waals surface area contributed by atoms with E-state index in [1.807, 2.05) is 6.20 Å². The van der Waals surface area contributed by atoms with Crippen LogP contribution in [0.5, 0.6) is 0 Å². The molecular formula is C7H4ClIN4. The van der Waals surface area contributed by atoms with Gasteiger partial charge in [-0.3, -0.25) is 0 Å². The Morgan fingerprint density at radius 3 is 2.92 bits per heavy atom. The minimum atomic E-state index is 0.225. The highest BCUT2D eigenvalue weighted by atomic mass is 127. The molecule has 0 aliphatic rings. The predicted octanol–water partition coefficient (Wildman–Crippen LogP) is 1.92. The van der Waals surface area contributed by atoms with Gasteiger partial charge in [0.15, 0.2) is 5.82 Å². The SMILES string of the molecule is Clc1nccc(-n2cc(I)cn2)n1. The largest absolute Gasteiger partial charge is 0.226 e. The Morgan fingerprint density at radius 2 is 2.31 bits per heavy atom. The highest BCUT2D eigenvalue weighted by molar-refractivity contribution is 14.1. The van der Waals surface area contributed by atoms with E-state index in [0.717, 1.165) is 3.57 Å². The number of nitrogens with zero attached hydrogens (tertiary/aromatic N) is 4. The molecule has 4 nitrogen and oxygen atoms in total. The van der Waals surface area contributed by atoms with Crippen LogP contribution in [0.4, 0.5) is 0 Å². The molecule has 2 rings (SSSR count). The summed E-state index contributed by atoms with van der Waals surface area (Å²) in [4.78, 5) is 7.79. The number of hydrogen-bond donors (Lipinski definition) is 0. The van der Waals surface area contributed by atoms with Gasteiger partial charge in [-0.1, -0.05) is 0 Å². The Balaban J connectivity index is 2.46. The summed E-state index contributed by atoms with van der Waals surface area (Å²) in [5.74, 6) is 0.669. The summed E-state index contributed by atoms with van der Waals surface area (Å²) >= 11 is 7.81. The van der Waals surface area contributed by atoms with Crippen molar-refractivity contribution >= 4 is 34.2 Å². The van der Waals surface area contributed by atoms with Crippen molar-refractivity contribution in [1.29, 1.82) is 0 Å². The number of rotatable bonds is 1. The smallest absolute Gasteiger partial charge is 0.224 e. The Hall–Kier alpha value is -0.690. The highest BCUT2D eigenvalue weighted by Crippen LogP contribution is 2.08. The van der Waals surface area contributed by atoms with E-state index in [2.05, 4.69) is 37.7 Å². The Bertz CT molecular complexity index is 428. The van der Waals surface area contributed by atoms with E-state index in [9.17, 15) is 0 Å². The highest BCUT2D eigenvalue weighted by Gasteiger charge is 2.00. The van der Waals surface area contributed by atoms with Crippen molar-refractivity contribution in [3.05, 3.63) is 33.5 Å². The fourth-order valence-corrected chi connectivity index (χ4v) is 1.41. The number of hydrogen-bond acceptors (Lipinski definition) is 3. The van der Waals surface area contributed by atoms with E-state index < -0.39 is 0 Å². The third kappa shape index (κ3) is 1.97. The van der Waals surface area contributed by atoms with Crippen LogP contribution in [0.1, 0.15) is 0 Å². The molecule has 0 saturated heterocycles. The molecule has 66 valence electrons. The van der Waals surface area contributed by atoms with Crippen LogP contribution < -0.4 is 0 Å². The summed E-state index contributed by atoms with van der Waals surface area (Å²) in [6, 6.07) is 1.74. The van der Waals surface area contributed by atoms with Gasteiger partial charge in [0.25, 0.3) is 0 Å². The van der Waals surface area contributed by atoms with Gasteiger partial charge in [0.05, 0.1) is 9.77 Å². The molecular weight excluding hydrogens is 302 g/mol. The van der Waals surface area contributed by atoms with Gasteiger partial charge in [-0.05, 0) is 34.2 Å². The van der Waals surface area contributed by atoms with Crippen molar-refractivity contribution in [1.82, 2.24) is 19.7 Å². The normalized spacial score (nSPS) is 10.3. The molecule has 0 saturated carbocycles. The minimum Gasteiger partial charge on any atom is -0.226 e. The van der Waals surface area contributed by atoms with Gasteiger partial charge >= 0.3 is 0 Å². The molecule has 0 N–H and O–H groups in total. The molecule has 0 amide bonds. The quantitative estimate of drug-likeness (QED) is 0.597. The van der Waals surface area contributed by atoms with Crippen LogP contribution in [0, 0.1) is 3.57 Å². The molecule has 2 aromatic heterocycles. The van der Waals surface area contributed by atoms with Gasteiger partial charge in [0.2, 0.25) is 5.28 Å². The lowest BCUT2D eigenvalue weighted by molar-refractivity contribution is 0.839. The molecule has 0 unspecified atom stereocenters. The average Bonchev–Trinajstić information content (AvgIpc) is 2.52. The molecule has 0 fully saturated rings. The third-order valence-electron chi connectivity index (χ3n) is 1.40. The number of aromatic nitrogens is 4. The van der Waals surface area contributed by atoms with Crippen molar-refractivity contribution in [2.75, 3.05) is 0 Å². The van der Waals surface area contributed by atoms with Crippen LogP contribution >= 0.6 is 34.2 Å². The summed E-state index contributed by atoms with van der Waals surface area (Å²) < 4.78 is 2.70. The molecule has 0 atom stereocenters. The van der Waals surface area contributed by atoms with Gasteiger partial charge in [-0.25, -0.2) is 9.67 Å². The minimum absolute atomic E-state index is 0.225. The first kappa shape index (κ1) is 8.89. The second kappa shape index (κ2) is 3.59. The third-order valence-corrected chi connectivity index (χ3v) is 2.14. The van der Waals surface area contributed by atoms with Gasteiger partial charge in [0, 0.05) is 18.5 Å². The Kier molecular flexibility index (Phi) is 2.45. The molecule has 2 heterocycles. The molecule has 0 aliphatic heterocycles. The van der Waals surface area contributed by atoms with Crippen molar-refractivity contribution in [2.24, 2.45) is 0 Å². The predicted molar refractivity (Wildman–Crippen MR) is 56.9 cm³/mol. The van der Waals surface area contributed by atoms with E-state index in [0.29, 0.717) is 5.82 Å². The summed E-state index contributed by atoms with van der Waals surface area (Å²) in [5.41, 5.74) is 0. The van der Waals surface area contributed by atoms with E-state index >= 15 is 0 Å². The molecule has 0 radical (unpaired) electrons. The van der Waals surface area contributed by atoms with Gasteiger partial charge in [-0.15, -0.1) is 0 Å². The Labute approximate surface area is 93.1 Å². The van der Waals surface area contributed by atoms with E-state index in [-0.39, 0.29) is 5.28 Å². The maximum atomic E-state index is 5.64. The van der Waals surface area contributed by atoms with Crippen molar-refractivity contribution < 1.29 is 0 Å². The second-order valence-corrected chi connectivity index (χ2v) is 3.87. The first-order chi connectivity index (χ1) is 6.25. The second-order valence-electron chi connectivity index (χ2n) is 2.29. The van der Waals surface area contributed by atoms with Gasteiger partial charge in [0.1, 0.15) is 0 Å².